The Morgan fingerprint density at radius 2 is 1.62 bits per heavy atom. The molecule has 0 aliphatic carbocycles. The minimum atomic E-state index is -0.800. The molecule has 0 unspecified atom stereocenters. The second-order valence-corrected chi connectivity index (χ2v) is 7.51. The monoisotopic (exact) mass is 455 g/mol. The normalized spacial score (nSPS) is 14.7. The zero-order chi connectivity index (χ0) is 24.1. The van der Waals surface area contributed by atoms with Gasteiger partial charge in [-0.1, -0.05) is 48.5 Å². The Bertz CT molecular complexity index is 1280. The Morgan fingerprint density at radius 1 is 0.941 bits per heavy atom. The van der Waals surface area contributed by atoms with Crippen molar-refractivity contribution in [3.8, 4) is 5.75 Å². The van der Waals surface area contributed by atoms with E-state index in [1.54, 1.807) is 54.6 Å². The number of amides is 5. The van der Waals surface area contributed by atoms with Crippen LogP contribution in [0.1, 0.15) is 11.1 Å². The van der Waals surface area contributed by atoms with E-state index in [1.165, 1.54) is 6.08 Å². The first kappa shape index (κ1) is 22.5. The third kappa shape index (κ3) is 5.02. The van der Waals surface area contributed by atoms with Crippen molar-refractivity contribution >= 4 is 41.2 Å². The van der Waals surface area contributed by atoms with Gasteiger partial charge in [0.15, 0.2) is 6.61 Å². The Balaban J connectivity index is 1.43. The van der Waals surface area contributed by atoms with Crippen LogP contribution in [-0.2, 0) is 14.4 Å². The highest BCUT2D eigenvalue weighted by atomic mass is 16.5. The van der Waals surface area contributed by atoms with Crippen molar-refractivity contribution in [3.63, 3.8) is 0 Å². The summed E-state index contributed by atoms with van der Waals surface area (Å²) in [6.45, 7) is 1.72. The van der Waals surface area contributed by atoms with Gasteiger partial charge in [0.2, 0.25) is 0 Å². The quantitative estimate of drug-likeness (QED) is 0.436. The summed E-state index contributed by atoms with van der Waals surface area (Å²) in [6.07, 6.45) is 1.40. The van der Waals surface area contributed by atoms with Crippen LogP contribution in [0, 0.1) is 6.92 Å². The summed E-state index contributed by atoms with van der Waals surface area (Å²) in [5, 5.41) is 4.98. The van der Waals surface area contributed by atoms with Crippen LogP contribution in [0.4, 0.5) is 16.2 Å². The number of anilines is 2. The molecule has 8 nitrogen and oxygen atoms in total. The first-order valence-electron chi connectivity index (χ1n) is 10.5. The van der Waals surface area contributed by atoms with Gasteiger partial charge in [0.25, 0.3) is 17.7 Å². The van der Waals surface area contributed by atoms with Gasteiger partial charge in [-0.2, -0.15) is 0 Å². The number of barbiturate groups is 1. The first-order chi connectivity index (χ1) is 16.4. The minimum absolute atomic E-state index is 0.172. The highest BCUT2D eigenvalue weighted by Crippen LogP contribution is 2.22. The highest BCUT2D eigenvalue weighted by molar-refractivity contribution is 6.39. The van der Waals surface area contributed by atoms with E-state index >= 15 is 0 Å². The van der Waals surface area contributed by atoms with Gasteiger partial charge >= 0.3 is 6.03 Å². The van der Waals surface area contributed by atoms with Crippen molar-refractivity contribution in [1.82, 2.24) is 5.32 Å². The average molecular weight is 455 g/mol. The van der Waals surface area contributed by atoms with Crippen LogP contribution < -0.4 is 20.3 Å². The van der Waals surface area contributed by atoms with Gasteiger partial charge in [0.05, 0.1) is 5.69 Å². The van der Waals surface area contributed by atoms with Crippen LogP contribution in [0.3, 0.4) is 0 Å². The van der Waals surface area contributed by atoms with Crippen molar-refractivity contribution in [2.75, 3.05) is 16.8 Å². The standard InChI is InChI=1S/C26H21N3O5/c1-17-7-5-6-10-22(17)27-23(30)16-34-20-13-11-18(12-14-20)15-21-24(31)28-26(33)29(25(21)32)19-8-3-2-4-9-19/h2-15H,16H2,1H3,(H,27,30)(H,28,31,33)/b21-15-. The molecule has 5 amide bonds. The van der Waals surface area contributed by atoms with Crippen LogP contribution in [0.25, 0.3) is 6.08 Å². The molecule has 0 spiro atoms. The van der Waals surface area contributed by atoms with E-state index in [2.05, 4.69) is 10.6 Å². The summed E-state index contributed by atoms with van der Waals surface area (Å²) in [7, 11) is 0. The molecule has 170 valence electrons. The van der Waals surface area contributed by atoms with Gasteiger partial charge in [0.1, 0.15) is 11.3 Å². The number of benzene rings is 3. The predicted octanol–water partition coefficient (Wildman–Crippen LogP) is 3.68. The third-order valence-electron chi connectivity index (χ3n) is 5.10. The van der Waals surface area contributed by atoms with Crippen molar-refractivity contribution in [3.05, 3.63) is 95.6 Å². The molecule has 0 radical (unpaired) electrons. The molecule has 0 saturated carbocycles. The minimum Gasteiger partial charge on any atom is -0.484 e. The SMILES string of the molecule is Cc1ccccc1NC(=O)COc1ccc(/C=C2/C(=O)NC(=O)N(c3ccccc3)C2=O)cc1. The van der Waals surface area contributed by atoms with Crippen LogP contribution in [0.2, 0.25) is 0 Å². The molecule has 1 heterocycles. The van der Waals surface area contributed by atoms with Crippen molar-refractivity contribution in [2.45, 2.75) is 6.92 Å². The van der Waals surface area contributed by atoms with Crippen LogP contribution in [0.15, 0.2) is 84.4 Å². The predicted molar refractivity (Wildman–Crippen MR) is 127 cm³/mol. The maximum Gasteiger partial charge on any atom is 0.335 e. The van der Waals surface area contributed by atoms with Gasteiger partial charge in [-0.05, 0) is 54.5 Å². The van der Waals surface area contributed by atoms with Crippen LogP contribution >= 0.6 is 0 Å². The number of carbonyl (C=O) groups is 4. The summed E-state index contributed by atoms with van der Waals surface area (Å²) < 4.78 is 5.52. The van der Waals surface area contributed by atoms with E-state index in [0.29, 0.717) is 17.0 Å². The molecule has 1 fully saturated rings. The first-order valence-corrected chi connectivity index (χ1v) is 10.5. The van der Waals surface area contributed by atoms with Crippen molar-refractivity contribution < 1.29 is 23.9 Å². The van der Waals surface area contributed by atoms with E-state index in [-0.39, 0.29) is 18.1 Å². The zero-order valence-electron chi connectivity index (χ0n) is 18.3. The number of hydrogen-bond donors (Lipinski definition) is 2. The average Bonchev–Trinajstić information content (AvgIpc) is 2.83. The lowest BCUT2D eigenvalue weighted by Gasteiger charge is -2.26. The molecule has 0 aromatic heterocycles. The molecule has 2 N–H and O–H groups in total. The lowest BCUT2D eigenvalue weighted by atomic mass is 10.1. The number of hydrogen-bond acceptors (Lipinski definition) is 5. The van der Waals surface area contributed by atoms with E-state index in [0.717, 1.165) is 16.2 Å². The van der Waals surface area contributed by atoms with E-state index in [4.69, 9.17) is 4.74 Å². The van der Waals surface area contributed by atoms with Gasteiger partial charge < -0.3 is 10.1 Å². The molecule has 8 heteroatoms. The number of urea groups is 1. The molecule has 1 aliphatic heterocycles. The highest BCUT2D eigenvalue weighted by Gasteiger charge is 2.36. The number of nitrogens with one attached hydrogen (secondary N) is 2. The number of aryl methyl sites for hydroxylation is 1. The Kier molecular flexibility index (Phi) is 6.49. The number of carbonyl (C=O) groups excluding carboxylic acids is 4. The summed E-state index contributed by atoms with van der Waals surface area (Å²) in [5.74, 6) is -1.33. The van der Waals surface area contributed by atoms with Crippen LogP contribution in [-0.4, -0.2) is 30.4 Å². The third-order valence-corrected chi connectivity index (χ3v) is 5.10. The number of para-hydroxylation sites is 2. The molecule has 3 aromatic rings. The number of ether oxygens (including phenoxy) is 1. The molecule has 34 heavy (non-hydrogen) atoms. The molecule has 1 saturated heterocycles. The topological polar surface area (TPSA) is 105 Å². The second-order valence-electron chi connectivity index (χ2n) is 7.51. The fourth-order valence-electron chi connectivity index (χ4n) is 3.34. The van der Waals surface area contributed by atoms with Crippen molar-refractivity contribution in [2.24, 2.45) is 0 Å². The number of imide groups is 2. The molecule has 1 aliphatic rings. The summed E-state index contributed by atoms with van der Waals surface area (Å²) in [5.41, 5.74) is 2.40. The molecule has 0 atom stereocenters. The lowest BCUT2D eigenvalue weighted by molar-refractivity contribution is -0.122. The number of nitrogens with zero attached hydrogens (tertiary/aromatic N) is 1. The largest absolute Gasteiger partial charge is 0.484 e. The Labute approximate surface area is 195 Å². The summed E-state index contributed by atoms with van der Waals surface area (Å²) >= 11 is 0. The fraction of sp³-hybridized carbons (Fsp3) is 0.0769. The van der Waals surface area contributed by atoms with Crippen molar-refractivity contribution in [1.29, 1.82) is 0 Å². The summed E-state index contributed by atoms with van der Waals surface area (Å²) in [4.78, 5) is 50.5. The van der Waals surface area contributed by atoms with E-state index < -0.39 is 17.8 Å². The number of rotatable bonds is 6. The molecule has 3 aromatic carbocycles. The Hall–Kier alpha value is -4.72. The molecule has 4 rings (SSSR count). The maximum atomic E-state index is 12.9. The second kappa shape index (κ2) is 9.83. The van der Waals surface area contributed by atoms with E-state index in [1.807, 2.05) is 31.2 Å². The Morgan fingerprint density at radius 3 is 2.32 bits per heavy atom. The molecular formula is C26H21N3O5. The fourth-order valence-corrected chi connectivity index (χ4v) is 3.34. The molecular weight excluding hydrogens is 434 g/mol. The van der Waals surface area contributed by atoms with Gasteiger partial charge in [-0.25, -0.2) is 9.69 Å². The summed E-state index contributed by atoms with van der Waals surface area (Å²) in [6, 6.07) is 21.5. The molecule has 0 bridgehead atoms. The van der Waals surface area contributed by atoms with Crippen LogP contribution in [0.5, 0.6) is 5.75 Å². The zero-order valence-corrected chi connectivity index (χ0v) is 18.3. The van der Waals surface area contributed by atoms with Gasteiger partial charge in [-0.3, -0.25) is 19.7 Å². The van der Waals surface area contributed by atoms with Gasteiger partial charge in [-0.15, -0.1) is 0 Å². The van der Waals surface area contributed by atoms with Gasteiger partial charge in [0, 0.05) is 5.69 Å². The van der Waals surface area contributed by atoms with E-state index in [9.17, 15) is 19.2 Å². The smallest absolute Gasteiger partial charge is 0.335 e. The maximum absolute atomic E-state index is 12.9. The lowest BCUT2D eigenvalue weighted by Crippen LogP contribution is -2.54.